The molecule has 0 saturated carbocycles. The minimum atomic E-state index is -7.10. The van der Waals surface area contributed by atoms with Gasteiger partial charge in [0, 0.05) is 12.5 Å². The number of carbonyl (C=O) groups is 2. The molecule has 1 rings (SSSR count). The maximum atomic E-state index is 13.9. The van der Waals surface area contributed by atoms with E-state index < -0.39 is 65.0 Å². The molecule has 194 valence electrons. The third-order valence-electron chi connectivity index (χ3n) is 3.86. The summed E-state index contributed by atoms with van der Waals surface area (Å²) in [5, 5.41) is 0. The first-order valence-electron chi connectivity index (χ1n) is 8.73. The van der Waals surface area contributed by atoms with Gasteiger partial charge in [0.25, 0.3) is 5.91 Å². The van der Waals surface area contributed by atoms with Crippen LogP contribution in [0.2, 0.25) is 0 Å². The van der Waals surface area contributed by atoms with E-state index in [1.54, 1.807) is 4.72 Å². The molecule has 1 aromatic carbocycles. The maximum absolute atomic E-state index is 13.9. The lowest BCUT2D eigenvalue weighted by Crippen LogP contribution is -2.61. The SMILES string of the molecule is CC(=O)OC(COc1ccc(C(=O)NS(C)(=O)=O)cc1)CC(F)(F)C(F)(F)C(F)(F)C(F)(F)F. The highest BCUT2D eigenvalue weighted by atomic mass is 32.2. The number of halogens is 9. The number of benzene rings is 1. The zero-order chi connectivity index (χ0) is 26.8. The van der Waals surface area contributed by atoms with Crippen molar-refractivity contribution in [2.45, 2.75) is 43.4 Å². The van der Waals surface area contributed by atoms with Crippen molar-refractivity contribution in [1.82, 2.24) is 4.72 Å². The lowest BCUT2D eigenvalue weighted by molar-refractivity contribution is -0.398. The molecule has 0 heterocycles. The summed E-state index contributed by atoms with van der Waals surface area (Å²) in [7, 11) is -3.90. The number of sulfonamides is 1. The molecule has 7 nitrogen and oxygen atoms in total. The van der Waals surface area contributed by atoms with Gasteiger partial charge in [0.15, 0.2) is 0 Å². The maximum Gasteiger partial charge on any atom is 0.460 e. The Kier molecular flexibility index (Phi) is 8.51. The molecule has 1 aromatic rings. The van der Waals surface area contributed by atoms with Crippen molar-refractivity contribution in [3.05, 3.63) is 29.8 Å². The lowest BCUT2D eigenvalue weighted by Gasteiger charge is -2.35. The number of ether oxygens (including phenoxy) is 2. The van der Waals surface area contributed by atoms with Gasteiger partial charge in [-0.25, -0.2) is 13.1 Å². The van der Waals surface area contributed by atoms with E-state index in [0.29, 0.717) is 13.2 Å². The second-order valence-electron chi connectivity index (χ2n) is 6.83. The number of alkyl halides is 9. The minimum absolute atomic E-state index is 0.213. The number of nitrogens with one attached hydrogen (secondary N) is 1. The van der Waals surface area contributed by atoms with E-state index in [1.165, 1.54) is 0 Å². The Morgan fingerprint density at radius 1 is 0.941 bits per heavy atom. The van der Waals surface area contributed by atoms with Crippen molar-refractivity contribution in [3.8, 4) is 5.75 Å². The zero-order valence-electron chi connectivity index (χ0n) is 17.1. The third kappa shape index (κ3) is 7.14. The molecule has 0 spiro atoms. The van der Waals surface area contributed by atoms with E-state index in [1.807, 2.05) is 0 Å². The van der Waals surface area contributed by atoms with Crippen LogP contribution in [-0.2, 0) is 19.6 Å². The summed E-state index contributed by atoms with van der Waals surface area (Å²) in [6, 6.07) is 3.94. The average Bonchev–Trinajstić information content (AvgIpc) is 2.63. The minimum Gasteiger partial charge on any atom is -0.490 e. The molecular formula is C17H16F9NO6S. The van der Waals surface area contributed by atoms with Gasteiger partial charge in [0.1, 0.15) is 18.5 Å². The van der Waals surface area contributed by atoms with Crippen LogP contribution in [0.3, 0.4) is 0 Å². The van der Waals surface area contributed by atoms with Gasteiger partial charge < -0.3 is 9.47 Å². The molecule has 34 heavy (non-hydrogen) atoms. The Labute approximate surface area is 186 Å². The highest BCUT2D eigenvalue weighted by molar-refractivity contribution is 7.89. The topological polar surface area (TPSA) is 98.8 Å². The second-order valence-corrected chi connectivity index (χ2v) is 8.57. The van der Waals surface area contributed by atoms with Crippen molar-refractivity contribution in [2.24, 2.45) is 0 Å². The number of rotatable bonds is 10. The molecule has 1 unspecified atom stereocenters. The molecule has 0 aliphatic rings. The number of hydrogen-bond donors (Lipinski definition) is 1. The number of esters is 1. The number of amides is 1. The Bertz CT molecular complexity index is 994. The van der Waals surface area contributed by atoms with Gasteiger partial charge in [-0.1, -0.05) is 0 Å². The fourth-order valence-electron chi connectivity index (χ4n) is 2.31. The van der Waals surface area contributed by atoms with E-state index in [0.717, 1.165) is 24.3 Å². The van der Waals surface area contributed by atoms with Crippen LogP contribution in [0.25, 0.3) is 0 Å². The molecular weight excluding hydrogens is 517 g/mol. The van der Waals surface area contributed by atoms with Crippen LogP contribution in [0.5, 0.6) is 5.75 Å². The molecule has 0 aliphatic carbocycles. The van der Waals surface area contributed by atoms with Gasteiger partial charge in [-0.3, -0.25) is 9.59 Å². The zero-order valence-corrected chi connectivity index (χ0v) is 17.9. The predicted molar refractivity (Wildman–Crippen MR) is 95.3 cm³/mol. The Morgan fingerprint density at radius 3 is 1.85 bits per heavy atom. The molecule has 1 atom stereocenters. The van der Waals surface area contributed by atoms with Crippen LogP contribution in [0.4, 0.5) is 39.5 Å². The molecule has 0 aliphatic heterocycles. The fraction of sp³-hybridized carbons (Fsp3) is 0.529. The van der Waals surface area contributed by atoms with Crippen molar-refractivity contribution >= 4 is 21.9 Å². The molecule has 1 amide bonds. The molecule has 0 aromatic heterocycles. The first-order valence-corrected chi connectivity index (χ1v) is 10.6. The van der Waals surface area contributed by atoms with E-state index in [4.69, 9.17) is 4.74 Å². The molecule has 0 saturated heterocycles. The van der Waals surface area contributed by atoms with Crippen LogP contribution < -0.4 is 9.46 Å². The first kappa shape index (κ1) is 29.3. The first-order chi connectivity index (χ1) is 15.1. The summed E-state index contributed by atoms with van der Waals surface area (Å²) in [4.78, 5) is 22.7. The van der Waals surface area contributed by atoms with Crippen LogP contribution in [0, 0.1) is 0 Å². The summed E-state index contributed by atoms with van der Waals surface area (Å²) in [5.74, 6) is -22.7. The summed E-state index contributed by atoms with van der Waals surface area (Å²) >= 11 is 0. The summed E-state index contributed by atoms with van der Waals surface area (Å²) in [6.07, 6.45) is -11.2. The van der Waals surface area contributed by atoms with Gasteiger partial charge in [-0.15, -0.1) is 0 Å². The normalized spacial score (nSPS) is 14.3. The largest absolute Gasteiger partial charge is 0.490 e. The highest BCUT2D eigenvalue weighted by Crippen LogP contribution is 2.54. The van der Waals surface area contributed by atoms with E-state index in [9.17, 15) is 57.5 Å². The van der Waals surface area contributed by atoms with Gasteiger partial charge in [-0.2, -0.15) is 39.5 Å². The van der Waals surface area contributed by atoms with Gasteiger partial charge >= 0.3 is 29.9 Å². The van der Waals surface area contributed by atoms with Gasteiger partial charge in [-0.05, 0) is 24.3 Å². The summed E-state index contributed by atoms with van der Waals surface area (Å²) in [6.45, 7) is -0.555. The number of carbonyl (C=O) groups excluding carboxylic acids is 2. The molecule has 0 bridgehead atoms. The van der Waals surface area contributed by atoms with Gasteiger partial charge in [0.2, 0.25) is 10.0 Å². The Hall–Kier alpha value is -2.72. The van der Waals surface area contributed by atoms with Gasteiger partial charge in [0.05, 0.1) is 12.7 Å². The molecule has 17 heteroatoms. The second kappa shape index (κ2) is 9.87. The smallest absolute Gasteiger partial charge is 0.460 e. The van der Waals surface area contributed by atoms with Crippen molar-refractivity contribution < 1.29 is 67.0 Å². The average molecular weight is 533 g/mol. The van der Waals surface area contributed by atoms with Crippen molar-refractivity contribution in [2.75, 3.05) is 12.9 Å². The quantitative estimate of drug-likeness (QED) is 0.365. The Morgan fingerprint density at radius 2 is 1.44 bits per heavy atom. The fourth-order valence-corrected chi connectivity index (χ4v) is 2.76. The summed E-state index contributed by atoms with van der Waals surface area (Å²) < 4.78 is 150. The lowest BCUT2D eigenvalue weighted by atomic mass is 9.98. The van der Waals surface area contributed by atoms with Crippen LogP contribution >= 0.6 is 0 Å². The monoisotopic (exact) mass is 533 g/mol. The number of hydrogen-bond acceptors (Lipinski definition) is 6. The van der Waals surface area contributed by atoms with Crippen LogP contribution in [-0.4, -0.2) is 63.2 Å². The predicted octanol–water partition coefficient (Wildman–Crippen LogP) is 3.54. The summed E-state index contributed by atoms with van der Waals surface area (Å²) in [5.41, 5.74) is -0.213. The van der Waals surface area contributed by atoms with Crippen molar-refractivity contribution in [3.63, 3.8) is 0 Å². The van der Waals surface area contributed by atoms with Crippen LogP contribution in [0.15, 0.2) is 24.3 Å². The van der Waals surface area contributed by atoms with E-state index in [-0.39, 0.29) is 11.3 Å². The van der Waals surface area contributed by atoms with Crippen molar-refractivity contribution in [1.29, 1.82) is 0 Å². The van der Waals surface area contributed by atoms with Crippen LogP contribution in [0.1, 0.15) is 23.7 Å². The molecule has 1 N–H and O–H groups in total. The third-order valence-corrected chi connectivity index (χ3v) is 4.41. The standard InChI is InChI=1S/C17H16F9NO6S/c1-9(28)33-12(7-14(18,19)15(20,21)16(22,23)17(24,25)26)8-32-11-5-3-10(4-6-11)13(29)27-34(2,30)31/h3-6,12H,7-8H2,1-2H3,(H,27,29). The van der Waals surface area contributed by atoms with E-state index >= 15 is 0 Å². The highest BCUT2D eigenvalue weighted by Gasteiger charge is 2.81. The molecule has 0 fully saturated rings. The molecule has 0 radical (unpaired) electrons. The van der Waals surface area contributed by atoms with E-state index in [2.05, 4.69) is 4.74 Å². The Balaban J connectivity index is 3.01.